The van der Waals surface area contributed by atoms with Crippen molar-refractivity contribution in [2.45, 2.75) is 12.5 Å². The number of benzene rings is 2. The zero-order valence-electron chi connectivity index (χ0n) is 10.8. The molecule has 1 N–H and O–H groups in total. The number of rotatable bonds is 4. The van der Waals surface area contributed by atoms with Crippen molar-refractivity contribution in [2.75, 3.05) is 7.05 Å². The minimum Gasteiger partial charge on any atom is -0.313 e. The standard InChI is InChI=1S/C15H13BrF2IN/c1-20-14(11-8-10(19)5-6-12(11)16)7-9-3-2-4-13(17)15(9)18/h2-6,8,14,20H,7H2,1H3. The van der Waals surface area contributed by atoms with Crippen molar-refractivity contribution in [1.29, 1.82) is 0 Å². The van der Waals surface area contributed by atoms with Crippen molar-refractivity contribution >= 4 is 38.5 Å². The lowest BCUT2D eigenvalue weighted by molar-refractivity contribution is 0.486. The minimum absolute atomic E-state index is 0.0876. The maximum Gasteiger partial charge on any atom is 0.162 e. The van der Waals surface area contributed by atoms with E-state index in [4.69, 9.17) is 0 Å². The van der Waals surface area contributed by atoms with Crippen molar-refractivity contribution in [3.05, 3.63) is 67.2 Å². The molecule has 0 aromatic heterocycles. The Bertz CT molecular complexity index is 619. The first-order valence-electron chi connectivity index (χ1n) is 6.08. The molecule has 0 fully saturated rings. The molecule has 1 atom stereocenters. The number of halogens is 4. The molecular weight excluding hydrogens is 439 g/mol. The summed E-state index contributed by atoms with van der Waals surface area (Å²) >= 11 is 5.74. The van der Waals surface area contributed by atoms with Crippen molar-refractivity contribution in [1.82, 2.24) is 5.32 Å². The number of likely N-dealkylation sites (N-methyl/N-ethyl adjacent to an activating group) is 1. The number of hydrogen-bond donors (Lipinski definition) is 1. The van der Waals surface area contributed by atoms with Crippen LogP contribution in [0.25, 0.3) is 0 Å². The van der Waals surface area contributed by atoms with Gasteiger partial charge >= 0.3 is 0 Å². The third-order valence-corrected chi connectivity index (χ3v) is 4.53. The van der Waals surface area contributed by atoms with E-state index in [1.807, 2.05) is 25.2 Å². The van der Waals surface area contributed by atoms with E-state index in [1.54, 1.807) is 6.07 Å². The van der Waals surface area contributed by atoms with E-state index in [-0.39, 0.29) is 6.04 Å². The van der Waals surface area contributed by atoms with Gasteiger partial charge in [0.25, 0.3) is 0 Å². The van der Waals surface area contributed by atoms with E-state index in [2.05, 4.69) is 43.8 Å². The zero-order valence-corrected chi connectivity index (χ0v) is 14.5. The Kier molecular flexibility index (Phi) is 5.51. The van der Waals surface area contributed by atoms with Gasteiger partial charge in [-0.05, 0) is 71.5 Å². The summed E-state index contributed by atoms with van der Waals surface area (Å²) in [5.74, 6) is -1.58. The maximum absolute atomic E-state index is 13.8. The van der Waals surface area contributed by atoms with E-state index >= 15 is 0 Å². The predicted molar refractivity (Wildman–Crippen MR) is 88.7 cm³/mol. The summed E-state index contributed by atoms with van der Waals surface area (Å²) < 4.78 is 29.1. The number of nitrogens with one attached hydrogen (secondary N) is 1. The summed E-state index contributed by atoms with van der Waals surface area (Å²) in [7, 11) is 1.81. The Balaban J connectivity index is 2.34. The van der Waals surface area contributed by atoms with Gasteiger partial charge in [0.2, 0.25) is 0 Å². The van der Waals surface area contributed by atoms with Gasteiger partial charge in [-0.25, -0.2) is 8.78 Å². The first kappa shape index (κ1) is 15.9. The highest BCUT2D eigenvalue weighted by Crippen LogP contribution is 2.28. The van der Waals surface area contributed by atoms with E-state index in [0.717, 1.165) is 19.7 Å². The van der Waals surface area contributed by atoms with Gasteiger partial charge in [0.1, 0.15) is 0 Å². The van der Waals surface area contributed by atoms with Gasteiger partial charge in [-0.3, -0.25) is 0 Å². The molecule has 0 radical (unpaired) electrons. The van der Waals surface area contributed by atoms with Crippen LogP contribution in [0.1, 0.15) is 17.2 Å². The molecule has 0 saturated heterocycles. The van der Waals surface area contributed by atoms with Crippen molar-refractivity contribution in [2.24, 2.45) is 0 Å². The average molecular weight is 452 g/mol. The summed E-state index contributed by atoms with van der Waals surface area (Å²) in [5.41, 5.74) is 1.40. The van der Waals surface area contributed by atoms with Crippen molar-refractivity contribution in [3.63, 3.8) is 0 Å². The predicted octanol–water partition coefficient (Wildman–Crippen LogP) is 4.84. The highest BCUT2D eigenvalue weighted by atomic mass is 127. The second-order valence-electron chi connectivity index (χ2n) is 4.42. The van der Waals surface area contributed by atoms with Crippen LogP contribution in [0.4, 0.5) is 8.78 Å². The van der Waals surface area contributed by atoms with Gasteiger partial charge in [0.05, 0.1) is 0 Å². The summed E-state index contributed by atoms with van der Waals surface area (Å²) in [5, 5.41) is 3.16. The molecule has 2 rings (SSSR count). The third kappa shape index (κ3) is 3.56. The molecule has 0 bridgehead atoms. The lowest BCUT2D eigenvalue weighted by Crippen LogP contribution is -2.20. The lowest BCUT2D eigenvalue weighted by Gasteiger charge is -2.19. The quantitative estimate of drug-likeness (QED) is 0.656. The summed E-state index contributed by atoms with van der Waals surface area (Å²) in [4.78, 5) is 0. The van der Waals surface area contributed by atoms with E-state index in [9.17, 15) is 8.78 Å². The van der Waals surface area contributed by atoms with Crippen LogP contribution in [0.3, 0.4) is 0 Å². The van der Waals surface area contributed by atoms with E-state index in [0.29, 0.717) is 12.0 Å². The first-order chi connectivity index (χ1) is 9.52. The van der Waals surface area contributed by atoms with E-state index < -0.39 is 11.6 Å². The molecule has 1 nitrogen and oxygen atoms in total. The third-order valence-electron chi connectivity index (χ3n) is 3.14. The molecule has 1 unspecified atom stereocenters. The van der Waals surface area contributed by atoms with Crippen molar-refractivity contribution < 1.29 is 8.78 Å². The topological polar surface area (TPSA) is 12.0 Å². The van der Waals surface area contributed by atoms with Crippen molar-refractivity contribution in [3.8, 4) is 0 Å². The van der Waals surface area contributed by atoms with Crippen LogP contribution in [-0.4, -0.2) is 7.05 Å². The maximum atomic E-state index is 13.8. The fourth-order valence-corrected chi connectivity index (χ4v) is 3.11. The Morgan fingerprint density at radius 1 is 1.25 bits per heavy atom. The largest absolute Gasteiger partial charge is 0.313 e. The van der Waals surface area contributed by atoms with Crippen LogP contribution in [-0.2, 0) is 6.42 Å². The molecule has 2 aromatic rings. The van der Waals surface area contributed by atoms with Crippen LogP contribution in [0.2, 0.25) is 0 Å². The highest BCUT2D eigenvalue weighted by molar-refractivity contribution is 14.1. The smallest absolute Gasteiger partial charge is 0.162 e. The molecule has 0 spiro atoms. The first-order valence-corrected chi connectivity index (χ1v) is 7.95. The zero-order chi connectivity index (χ0) is 14.7. The summed E-state index contributed by atoms with van der Waals surface area (Å²) in [6.45, 7) is 0. The molecule has 0 aliphatic heterocycles. The fraction of sp³-hybridized carbons (Fsp3) is 0.200. The monoisotopic (exact) mass is 451 g/mol. The average Bonchev–Trinajstić information content (AvgIpc) is 2.43. The van der Waals surface area contributed by atoms with Crippen LogP contribution in [0.15, 0.2) is 40.9 Å². The molecule has 2 aromatic carbocycles. The SMILES string of the molecule is CNC(Cc1cccc(F)c1F)c1cc(I)ccc1Br. The molecule has 5 heteroatoms. The lowest BCUT2D eigenvalue weighted by atomic mass is 9.98. The second-order valence-corrected chi connectivity index (χ2v) is 6.52. The molecule has 0 heterocycles. The van der Waals surface area contributed by atoms with Crippen LogP contribution in [0.5, 0.6) is 0 Å². The van der Waals surface area contributed by atoms with Crippen LogP contribution >= 0.6 is 38.5 Å². The molecule has 0 saturated carbocycles. The minimum atomic E-state index is -0.806. The van der Waals surface area contributed by atoms with Crippen LogP contribution in [0, 0.1) is 15.2 Å². The van der Waals surface area contributed by atoms with Gasteiger partial charge in [0.15, 0.2) is 11.6 Å². The van der Waals surface area contributed by atoms with Crippen LogP contribution < -0.4 is 5.32 Å². The molecule has 0 aliphatic rings. The summed E-state index contributed by atoms with van der Waals surface area (Å²) in [6.07, 6.45) is 0.388. The molecule has 0 aliphatic carbocycles. The summed E-state index contributed by atoms with van der Waals surface area (Å²) in [6, 6.07) is 10.2. The number of hydrogen-bond acceptors (Lipinski definition) is 1. The second kappa shape index (κ2) is 6.95. The van der Waals surface area contributed by atoms with Gasteiger partial charge in [-0.15, -0.1) is 0 Å². The highest BCUT2D eigenvalue weighted by Gasteiger charge is 2.17. The van der Waals surface area contributed by atoms with Gasteiger partial charge < -0.3 is 5.32 Å². The Labute approximate surface area is 139 Å². The Morgan fingerprint density at radius 2 is 2.00 bits per heavy atom. The fourth-order valence-electron chi connectivity index (χ4n) is 2.08. The molecular formula is C15H13BrF2IN. The molecule has 0 amide bonds. The molecule has 106 valence electrons. The molecule has 20 heavy (non-hydrogen) atoms. The van der Waals surface area contributed by atoms with E-state index in [1.165, 1.54) is 6.07 Å². The Morgan fingerprint density at radius 3 is 2.70 bits per heavy atom. The van der Waals surface area contributed by atoms with Gasteiger partial charge in [-0.2, -0.15) is 0 Å². The normalized spacial score (nSPS) is 12.4. The Hall–Kier alpha value is -0.530. The van der Waals surface area contributed by atoms with Gasteiger partial charge in [0, 0.05) is 14.1 Å². The van der Waals surface area contributed by atoms with Gasteiger partial charge in [-0.1, -0.05) is 28.1 Å².